The molecule has 0 aliphatic carbocycles. The molecule has 6 nitrogen and oxygen atoms in total. The molecule has 0 unspecified atom stereocenters. The Morgan fingerprint density at radius 3 is 2.08 bits per heavy atom. The molecule has 0 bridgehead atoms. The van der Waals surface area contributed by atoms with Gasteiger partial charge in [0.25, 0.3) is 0 Å². The quantitative estimate of drug-likeness (QED) is 0.765. The predicted octanol–water partition coefficient (Wildman–Crippen LogP) is 1.87. The van der Waals surface area contributed by atoms with Crippen molar-refractivity contribution < 1.29 is 13.2 Å². The fourth-order valence-electron chi connectivity index (χ4n) is 2.61. The summed E-state index contributed by atoms with van der Waals surface area (Å²) in [6.45, 7) is 1.02. The third kappa shape index (κ3) is 5.31. The first-order valence-electron chi connectivity index (χ1n) is 8.32. The summed E-state index contributed by atoms with van der Waals surface area (Å²) in [5, 5.41) is 2.85. The zero-order chi connectivity index (χ0) is 19.2. The Kier molecular flexibility index (Phi) is 6.76. The van der Waals surface area contributed by atoms with Gasteiger partial charge in [0.15, 0.2) is 0 Å². The van der Waals surface area contributed by atoms with E-state index in [4.69, 9.17) is 0 Å². The van der Waals surface area contributed by atoms with Gasteiger partial charge in [0, 0.05) is 32.9 Å². The van der Waals surface area contributed by atoms with Crippen molar-refractivity contribution in [3.63, 3.8) is 0 Å². The standard InChI is InChI=1S/C19H25N3O3S/c1-21(17-12-8-5-9-13-17)15-14-20-19(23)18(22(2)26(3,24)25)16-10-6-4-7-11-16/h4-13,18H,14-15H2,1-3H3,(H,20,23)/t18-/m1/s1. The number of carbonyl (C=O) groups excluding carboxylic acids is 1. The van der Waals surface area contributed by atoms with E-state index in [0.29, 0.717) is 18.7 Å². The van der Waals surface area contributed by atoms with Gasteiger partial charge in [-0.05, 0) is 17.7 Å². The van der Waals surface area contributed by atoms with Gasteiger partial charge in [0.05, 0.1) is 6.26 Å². The minimum atomic E-state index is -3.52. The van der Waals surface area contributed by atoms with Gasteiger partial charge in [-0.15, -0.1) is 0 Å². The van der Waals surface area contributed by atoms with E-state index in [-0.39, 0.29) is 5.91 Å². The number of benzene rings is 2. The molecule has 1 atom stereocenters. The summed E-state index contributed by atoms with van der Waals surface area (Å²) in [7, 11) is -0.155. The Labute approximate surface area is 155 Å². The van der Waals surface area contributed by atoms with E-state index in [9.17, 15) is 13.2 Å². The molecule has 0 saturated heterocycles. The molecular formula is C19H25N3O3S. The number of hydrogen-bond acceptors (Lipinski definition) is 4. The van der Waals surface area contributed by atoms with Gasteiger partial charge in [-0.2, -0.15) is 4.31 Å². The topological polar surface area (TPSA) is 69.7 Å². The van der Waals surface area contributed by atoms with Gasteiger partial charge in [-0.25, -0.2) is 8.42 Å². The van der Waals surface area contributed by atoms with E-state index in [2.05, 4.69) is 5.32 Å². The molecule has 0 radical (unpaired) electrons. The van der Waals surface area contributed by atoms with Crippen LogP contribution in [-0.4, -0.2) is 52.1 Å². The molecule has 1 amide bonds. The van der Waals surface area contributed by atoms with Crippen molar-refractivity contribution in [3.8, 4) is 0 Å². The first-order chi connectivity index (χ1) is 12.3. The molecule has 2 aromatic carbocycles. The third-order valence-corrected chi connectivity index (χ3v) is 5.45. The van der Waals surface area contributed by atoms with E-state index in [1.54, 1.807) is 24.3 Å². The van der Waals surface area contributed by atoms with E-state index < -0.39 is 16.1 Å². The molecule has 2 aromatic rings. The van der Waals surface area contributed by atoms with Gasteiger partial charge in [-0.1, -0.05) is 48.5 Å². The summed E-state index contributed by atoms with van der Waals surface area (Å²) in [5.41, 5.74) is 1.68. The highest BCUT2D eigenvalue weighted by molar-refractivity contribution is 7.88. The van der Waals surface area contributed by atoms with Crippen LogP contribution in [-0.2, 0) is 14.8 Å². The molecule has 0 spiro atoms. The lowest BCUT2D eigenvalue weighted by molar-refractivity contribution is -0.124. The summed E-state index contributed by atoms with van der Waals surface area (Å²) < 4.78 is 25.0. The molecule has 0 fully saturated rings. The average Bonchev–Trinajstić information content (AvgIpc) is 2.62. The van der Waals surface area contributed by atoms with Crippen LogP contribution in [0.25, 0.3) is 0 Å². The highest BCUT2D eigenvalue weighted by atomic mass is 32.2. The maximum atomic E-state index is 12.7. The minimum Gasteiger partial charge on any atom is -0.373 e. The Balaban J connectivity index is 2.05. The number of rotatable bonds is 8. The Hall–Kier alpha value is -2.38. The number of carbonyl (C=O) groups is 1. The van der Waals surface area contributed by atoms with Gasteiger partial charge in [0.1, 0.15) is 6.04 Å². The van der Waals surface area contributed by atoms with E-state index in [0.717, 1.165) is 16.2 Å². The Morgan fingerprint density at radius 1 is 1.00 bits per heavy atom. The lowest BCUT2D eigenvalue weighted by Crippen LogP contribution is -2.43. The highest BCUT2D eigenvalue weighted by Crippen LogP contribution is 2.21. The van der Waals surface area contributed by atoms with Crippen molar-refractivity contribution in [3.05, 3.63) is 66.2 Å². The predicted molar refractivity (Wildman–Crippen MR) is 105 cm³/mol. The van der Waals surface area contributed by atoms with Gasteiger partial charge >= 0.3 is 0 Å². The molecule has 26 heavy (non-hydrogen) atoms. The fourth-order valence-corrected chi connectivity index (χ4v) is 3.21. The first kappa shape index (κ1) is 19.9. The lowest BCUT2D eigenvalue weighted by Gasteiger charge is -2.26. The summed E-state index contributed by atoms with van der Waals surface area (Å²) in [4.78, 5) is 14.7. The van der Waals surface area contributed by atoms with Crippen LogP contribution < -0.4 is 10.2 Å². The molecule has 140 valence electrons. The van der Waals surface area contributed by atoms with E-state index >= 15 is 0 Å². The van der Waals surface area contributed by atoms with E-state index in [1.165, 1.54) is 7.05 Å². The summed E-state index contributed by atoms with van der Waals surface area (Å²) >= 11 is 0. The molecule has 0 heterocycles. The minimum absolute atomic E-state index is 0.342. The number of nitrogens with zero attached hydrogens (tertiary/aromatic N) is 2. The molecule has 0 aromatic heterocycles. The van der Waals surface area contributed by atoms with Crippen molar-refractivity contribution in [1.82, 2.24) is 9.62 Å². The van der Waals surface area contributed by atoms with Crippen LogP contribution in [0, 0.1) is 0 Å². The Morgan fingerprint density at radius 2 is 1.54 bits per heavy atom. The van der Waals surface area contributed by atoms with E-state index in [1.807, 2.05) is 48.3 Å². The molecule has 0 aliphatic heterocycles. The SMILES string of the molecule is CN(CCNC(=O)[C@@H](c1ccccc1)N(C)S(C)(=O)=O)c1ccccc1. The zero-order valence-electron chi connectivity index (χ0n) is 15.3. The molecule has 0 aliphatic rings. The number of sulfonamides is 1. The normalized spacial score (nSPS) is 12.6. The van der Waals surface area contributed by atoms with Crippen LogP contribution in [0.2, 0.25) is 0 Å². The number of likely N-dealkylation sites (N-methyl/N-ethyl adjacent to an activating group) is 2. The maximum absolute atomic E-state index is 12.7. The van der Waals surface area contributed by atoms with Crippen LogP contribution in [0.4, 0.5) is 5.69 Å². The van der Waals surface area contributed by atoms with Crippen LogP contribution in [0.3, 0.4) is 0 Å². The van der Waals surface area contributed by atoms with Crippen LogP contribution in [0.5, 0.6) is 0 Å². The van der Waals surface area contributed by atoms with Gasteiger partial charge in [-0.3, -0.25) is 4.79 Å². The zero-order valence-corrected chi connectivity index (χ0v) is 16.1. The van der Waals surface area contributed by atoms with Crippen molar-refractivity contribution in [2.24, 2.45) is 0 Å². The number of para-hydroxylation sites is 1. The summed E-state index contributed by atoms with van der Waals surface area (Å²) in [6, 6.07) is 17.9. The maximum Gasteiger partial charge on any atom is 0.243 e. The first-order valence-corrected chi connectivity index (χ1v) is 10.2. The Bertz CT molecular complexity index is 810. The third-order valence-electron chi connectivity index (χ3n) is 4.19. The second-order valence-corrected chi connectivity index (χ2v) is 8.18. The van der Waals surface area contributed by atoms with Gasteiger partial charge in [0.2, 0.25) is 15.9 Å². The van der Waals surface area contributed by atoms with Crippen molar-refractivity contribution in [2.45, 2.75) is 6.04 Å². The van der Waals surface area contributed by atoms with Gasteiger partial charge < -0.3 is 10.2 Å². The smallest absolute Gasteiger partial charge is 0.243 e. The second kappa shape index (κ2) is 8.82. The lowest BCUT2D eigenvalue weighted by atomic mass is 10.1. The van der Waals surface area contributed by atoms with Crippen molar-refractivity contribution >= 4 is 21.6 Å². The van der Waals surface area contributed by atoms with Crippen LogP contribution >= 0.6 is 0 Å². The van der Waals surface area contributed by atoms with Crippen LogP contribution in [0.15, 0.2) is 60.7 Å². The number of nitrogens with one attached hydrogen (secondary N) is 1. The molecule has 7 heteroatoms. The average molecular weight is 375 g/mol. The molecule has 0 saturated carbocycles. The number of amides is 1. The highest BCUT2D eigenvalue weighted by Gasteiger charge is 2.30. The largest absolute Gasteiger partial charge is 0.373 e. The summed E-state index contributed by atoms with van der Waals surface area (Å²) in [6.07, 6.45) is 1.10. The monoisotopic (exact) mass is 375 g/mol. The molecular weight excluding hydrogens is 350 g/mol. The number of hydrogen-bond donors (Lipinski definition) is 1. The number of anilines is 1. The molecule has 2 rings (SSSR count). The van der Waals surface area contributed by atoms with Crippen LogP contribution in [0.1, 0.15) is 11.6 Å². The molecule has 1 N–H and O–H groups in total. The van der Waals surface area contributed by atoms with Crippen molar-refractivity contribution in [2.75, 3.05) is 38.3 Å². The van der Waals surface area contributed by atoms with Crippen molar-refractivity contribution in [1.29, 1.82) is 0 Å². The second-order valence-electron chi connectivity index (χ2n) is 6.14. The summed E-state index contributed by atoms with van der Waals surface area (Å²) in [5.74, 6) is -0.342. The fraction of sp³-hybridized carbons (Fsp3) is 0.316.